The summed E-state index contributed by atoms with van der Waals surface area (Å²) in [6.07, 6.45) is 0.414. The summed E-state index contributed by atoms with van der Waals surface area (Å²) in [5.41, 5.74) is 0.675. The van der Waals surface area contributed by atoms with Crippen LogP contribution in [0.15, 0.2) is 18.2 Å². The molecule has 5 heteroatoms. The Bertz CT molecular complexity index is 427. The van der Waals surface area contributed by atoms with Crippen molar-refractivity contribution in [3.63, 3.8) is 0 Å². The first-order valence-electron chi connectivity index (χ1n) is 5.78. The zero-order valence-electron chi connectivity index (χ0n) is 10.8. The van der Waals surface area contributed by atoms with Gasteiger partial charge in [0.15, 0.2) is 0 Å². The van der Waals surface area contributed by atoms with Gasteiger partial charge in [0.05, 0.1) is 10.0 Å². The zero-order valence-corrected chi connectivity index (χ0v) is 12.3. The van der Waals surface area contributed by atoms with Crippen LogP contribution in [0.4, 0.5) is 5.69 Å². The predicted octanol–water partition coefficient (Wildman–Crippen LogP) is 3.71. The summed E-state index contributed by atoms with van der Waals surface area (Å²) < 4.78 is 0. The fourth-order valence-electron chi connectivity index (χ4n) is 1.35. The molecule has 0 radical (unpaired) electrons. The lowest BCUT2D eigenvalue weighted by atomic mass is 10.1. The van der Waals surface area contributed by atoms with E-state index in [-0.39, 0.29) is 11.4 Å². The number of hydrogen-bond donors (Lipinski definition) is 2. The van der Waals surface area contributed by atoms with Gasteiger partial charge in [-0.05, 0) is 39.0 Å². The van der Waals surface area contributed by atoms with Crippen LogP contribution in [0.3, 0.4) is 0 Å². The van der Waals surface area contributed by atoms with Gasteiger partial charge in [-0.1, -0.05) is 23.2 Å². The molecule has 0 saturated heterocycles. The second-order valence-corrected chi connectivity index (χ2v) is 5.92. The average molecular weight is 289 g/mol. The Labute approximate surface area is 118 Å². The van der Waals surface area contributed by atoms with Crippen molar-refractivity contribution in [3.05, 3.63) is 28.2 Å². The van der Waals surface area contributed by atoms with Crippen molar-refractivity contribution < 1.29 is 4.79 Å². The number of halogens is 2. The fourth-order valence-corrected chi connectivity index (χ4v) is 1.65. The maximum atomic E-state index is 11.7. The summed E-state index contributed by atoms with van der Waals surface area (Å²) in [5, 5.41) is 6.93. The molecule has 0 atom stereocenters. The topological polar surface area (TPSA) is 41.1 Å². The Morgan fingerprint density at radius 2 is 1.89 bits per heavy atom. The number of nitrogens with one attached hydrogen (secondary N) is 2. The Morgan fingerprint density at radius 3 is 2.44 bits per heavy atom. The number of rotatable bonds is 4. The molecule has 1 aromatic carbocycles. The van der Waals surface area contributed by atoms with E-state index in [0.29, 0.717) is 28.7 Å². The van der Waals surface area contributed by atoms with E-state index >= 15 is 0 Å². The van der Waals surface area contributed by atoms with Crippen LogP contribution in [0.1, 0.15) is 27.2 Å². The van der Waals surface area contributed by atoms with Gasteiger partial charge in [0, 0.05) is 24.2 Å². The van der Waals surface area contributed by atoms with Gasteiger partial charge < -0.3 is 10.6 Å². The van der Waals surface area contributed by atoms with E-state index in [2.05, 4.69) is 31.4 Å². The normalized spacial score (nSPS) is 11.4. The van der Waals surface area contributed by atoms with E-state index in [9.17, 15) is 4.79 Å². The quantitative estimate of drug-likeness (QED) is 0.887. The van der Waals surface area contributed by atoms with Gasteiger partial charge in [-0.3, -0.25) is 4.79 Å². The van der Waals surface area contributed by atoms with Gasteiger partial charge in [0.25, 0.3) is 0 Å². The summed E-state index contributed by atoms with van der Waals surface area (Å²) >= 11 is 11.7. The molecule has 0 saturated carbocycles. The van der Waals surface area contributed by atoms with Crippen molar-refractivity contribution in [2.24, 2.45) is 0 Å². The molecule has 100 valence electrons. The van der Waals surface area contributed by atoms with Crippen LogP contribution in [-0.2, 0) is 4.79 Å². The third-order valence-corrected chi connectivity index (χ3v) is 2.95. The summed E-state index contributed by atoms with van der Waals surface area (Å²) in [6, 6.07) is 5.02. The first-order chi connectivity index (χ1) is 8.28. The number of amides is 1. The highest BCUT2D eigenvalue weighted by Gasteiger charge is 2.10. The van der Waals surface area contributed by atoms with Crippen molar-refractivity contribution in [2.45, 2.75) is 32.7 Å². The molecule has 0 heterocycles. The molecular formula is C13H18Cl2N2O. The van der Waals surface area contributed by atoms with Crippen molar-refractivity contribution in [1.29, 1.82) is 0 Å². The lowest BCUT2D eigenvalue weighted by Crippen LogP contribution is -2.37. The molecule has 2 N–H and O–H groups in total. The monoisotopic (exact) mass is 288 g/mol. The molecule has 1 amide bonds. The van der Waals surface area contributed by atoms with Crippen LogP contribution in [0, 0.1) is 0 Å². The molecule has 0 bridgehead atoms. The molecule has 0 fully saturated rings. The smallest absolute Gasteiger partial charge is 0.225 e. The highest BCUT2D eigenvalue weighted by molar-refractivity contribution is 6.42. The molecule has 0 aliphatic heterocycles. The average Bonchev–Trinajstić information content (AvgIpc) is 2.21. The fraction of sp³-hybridized carbons (Fsp3) is 0.462. The lowest BCUT2D eigenvalue weighted by Gasteiger charge is -2.20. The molecule has 0 aliphatic rings. The summed E-state index contributed by atoms with van der Waals surface area (Å²) in [5.74, 6) is -0.0508. The molecule has 0 unspecified atom stereocenters. The molecule has 1 aromatic rings. The number of benzene rings is 1. The first kappa shape index (κ1) is 15.3. The largest absolute Gasteiger partial charge is 0.326 e. The van der Waals surface area contributed by atoms with Gasteiger partial charge in [-0.15, -0.1) is 0 Å². The van der Waals surface area contributed by atoms with Gasteiger partial charge in [0.2, 0.25) is 5.91 Å². The number of anilines is 1. The zero-order chi connectivity index (χ0) is 13.8. The van der Waals surface area contributed by atoms with Crippen molar-refractivity contribution in [3.8, 4) is 0 Å². The van der Waals surface area contributed by atoms with E-state index in [4.69, 9.17) is 23.2 Å². The Morgan fingerprint density at radius 1 is 1.22 bits per heavy atom. The van der Waals surface area contributed by atoms with Crippen LogP contribution < -0.4 is 10.6 Å². The minimum atomic E-state index is -0.0508. The lowest BCUT2D eigenvalue weighted by molar-refractivity contribution is -0.116. The van der Waals surface area contributed by atoms with Crippen LogP contribution in [0.25, 0.3) is 0 Å². The molecular weight excluding hydrogens is 271 g/mol. The predicted molar refractivity (Wildman–Crippen MR) is 77.5 cm³/mol. The standard InChI is InChI=1S/C13H18Cl2N2O/c1-13(2,3)16-7-6-12(18)17-9-4-5-10(14)11(15)8-9/h4-5,8,16H,6-7H2,1-3H3,(H,17,18). The minimum absolute atomic E-state index is 0.0177. The maximum absolute atomic E-state index is 11.7. The van der Waals surface area contributed by atoms with Gasteiger partial charge in [-0.25, -0.2) is 0 Å². The molecule has 3 nitrogen and oxygen atoms in total. The van der Waals surface area contributed by atoms with Crippen molar-refractivity contribution >= 4 is 34.8 Å². The van der Waals surface area contributed by atoms with E-state index in [0.717, 1.165) is 0 Å². The number of carbonyl (C=O) groups excluding carboxylic acids is 1. The SMILES string of the molecule is CC(C)(C)NCCC(=O)Nc1ccc(Cl)c(Cl)c1. The second kappa shape index (κ2) is 6.41. The van der Waals surface area contributed by atoms with E-state index in [1.165, 1.54) is 0 Å². The van der Waals surface area contributed by atoms with E-state index in [1.807, 2.05) is 0 Å². The summed E-state index contributed by atoms with van der Waals surface area (Å²) in [7, 11) is 0. The summed E-state index contributed by atoms with van der Waals surface area (Å²) in [4.78, 5) is 11.7. The molecule has 1 rings (SSSR count). The van der Waals surface area contributed by atoms with Crippen LogP contribution in [0.2, 0.25) is 10.0 Å². The highest BCUT2D eigenvalue weighted by atomic mass is 35.5. The molecule has 0 spiro atoms. The van der Waals surface area contributed by atoms with Crippen LogP contribution >= 0.6 is 23.2 Å². The third kappa shape index (κ3) is 5.71. The molecule has 18 heavy (non-hydrogen) atoms. The van der Waals surface area contributed by atoms with Crippen LogP contribution in [-0.4, -0.2) is 18.0 Å². The Kier molecular flexibility index (Phi) is 5.45. The van der Waals surface area contributed by atoms with Crippen molar-refractivity contribution in [2.75, 3.05) is 11.9 Å². The molecule has 0 aromatic heterocycles. The summed E-state index contributed by atoms with van der Waals surface area (Å²) in [6.45, 7) is 6.81. The van der Waals surface area contributed by atoms with E-state index in [1.54, 1.807) is 18.2 Å². The van der Waals surface area contributed by atoms with E-state index < -0.39 is 0 Å². The number of hydrogen-bond acceptors (Lipinski definition) is 2. The first-order valence-corrected chi connectivity index (χ1v) is 6.53. The van der Waals surface area contributed by atoms with Gasteiger partial charge in [0.1, 0.15) is 0 Å². The van der Waals surface area contributed by atoms with Gasteiger partial charge >= 0.3 is 0 Å². The van der Waals surface area contributed by atoms with Gasteiger partial charge in [-0.2, -0.15) is 0 Å². The van der Waals surface area contributed by atoms with Crippen molar-refractivity contribution in [1.82, 2.24) is 5.32 Å². The van der Waals surface area contributed by atoms with Crippen LogP contribution in [0.5, 0.6) is 0 Å². The maximum Gasteiger partial charge on any atom is 0.225 e. The molecule has 0 aliphatic carbocycles. The highest BCUT2D eigenvalue weighted by Crippen LogP contribution is 2.24. The Hall–Kier alpha value is -0.770. The minimum Gasteiger partial charge on any atom is -0.326 e. The second-order valence-electron chi connectivity index (χ2n) is 5.10. The Balaban J connectivity index is 2.42. The number of carbonyl (C=O) groups is 1. The third-order valence-electron chi connectivity index (χ3n) is 2.21.